The molecule has 1 amide bonds. The molecule has 2 unspecified atom stereocenters. The summed E-state index contributed by atoms with van der Waals surface area (Å²) in [5.41, 5.74) is 2.98. The molecular formula is C28H21ClN4O4S2. The number of Topliss-reactive ketones (excluding diaryl/α,β-unsaturated/α-hetero) is 1. The van der Waals surface area contributed by atoms with Crippen LogP contribution in [0.4, 0.5) is 5.13 Å². The summed E-state index contributed by atoms with van der Waals surface area (Å²) in [6.45, 7) is 1.97. The number of nitrogens with zero attached hydrogens (tertiary/aromatic N) is 4. The van der Waals surface area contributed by atoms with Crippen molar-refractivity contribution < 1.29 is 19.4 Å². The van der Waals surface area contributed by atoms with Gasteiger partial charge in [0.1, 0.15) is 17.6 Å². The number of rotatable bonds is 6. The second kappa shape index (κ2) is 10.4. The number of aromatic nitrogens is 3. The molecule has 2 atom stereocenters. The predicted molar refractivity (Wildman–Crippen MR) is 150 cm³/mol. The topological polar surface area (TPSA) is 106 Å². The fourth-order valence-corrected chi connectivity index (χ4v) is 6.64. The molecule has 8 nitrogen and oxygen atoms in total. The van der Waals surface area contributed by atoms with Crippen molar-refractivity contribution in [3.05, 3.63) is 99.8 Å². The molecule has 0 saturated carbocycles. The number of carbonyl (C=O) groups excluding carboxylic acids is 2. The minimum Gasteiger partial charge on any atom is -0.507 e. The Morgan fingerprint density at radius 2 is 2.00 bits per heavy atom. The zero-order valence-electron chi connectivity index (χ0n) is 20.6. The van der Waals surface area contributed by atoms with Crippen molar-refractivity contribution in [1.29, 1.82) is 0 Å². The molecule has 0 spiro atoms. The molecule has 6 rings (SSSR count). The molecule has 4 aromatic rings. The maximum Gasteiger partial charge on any atom is 0.301 e. The minimum absolute atomic E-state index is 0.0227. The van der Waals surface area contributed by atoms with Crippen LogP contribution in [0.2, 0.25) is 5.02 Å². The molecule has 2 aromatic carbocycles. The maximum absolute atomic E-state index is 13.4. The van der Waals surface area contributed by atoms with Gasteiger partial charge in [-0.2, -0.15) is 0 Å². The van der Waals surface area contributed by atoms with E-state index in [1.165, 1.54) is 28.0 Å². The number of ketones is 1. The summed E-state index contributed by atoms with van der Waals surface area (Å²) in [7, 11) is 0. The van der Waals surface area contributed by atoms with Crippen molar-refractivity contribution in [1.82, 2.24) is 15.2 Å². The zero-order chi connectivity index (χ0) is 27.1. The molecule has 2 aromatic heterocycles. The van der Waals surface area contributed by atoms with E-state index in [0.29, 0.717) is 32.7 Å². The van der Waals surface area contributed by atoms with Gasteiger partial charge in [0.25, 0.3) is 5.78 Å². The molecule has 2 aliphatic rings. The summed E-state index contributed by atoms with van der Waals surface area (Å²) >= 11 is 8.65. The van der Waals surface area contributed by atoms with Gasteiger partial charge in [-0.3, -0.25) is 19.5 Å². The van der Waals surface area contributed by atoms with E-state index in [0.717, 1.165) is 16.9 Å². The SMILES string of the molecule is CC1Cc2cc(/C(O)=C3\C(=O)C(=O)N(c4nnc(SCc5ccc(Cl)cc5)s4)C3c3cccnc3)ccc2O1. The molecule has 11 heteroatoms. The highest BCUT2D eigenvalue weighted by atomic mass is 35.5. The Hall–Kier alpha value is -3.73. The van der Waals surface area contributed by atoms with Crippen LogP contribution in [0.1, 0.15) is 35.2 Å². The van der Waals surface area contributed by atoms with Crippen molar-refractivity contribution in [2.24, 2.45) is 0 Å². The lowest BCUT2D eigenvalue weighted by molar-refractivity contribution is -0.132. The second-order valence-corrected chi connectivity index (χ2v) is 11.8. The number of thioether (sulfide) groups is 1. The Labute approximate surface area is 237 Å². The Morgan fingerprint density at radius 3 is 2.77 bits per heavy atom. The molecule has 196 valence electrons. The van der Waals surface area contributed by atoms with E-state index in [2.05, 4.69) is 15.2 Å². The number of ether oxygens (including phenoxy) is 1. The average Bonchev–Trinajstić information content (AvgIpc) is 3.63. The molecule has 1 fully saturated rings. The van der Waals surface area contributed by atoms with Crippen molar-refractivity contribution >= 4 is 57.3 Å². The van der Waals surface area contributed by atoms with E-state index in [9.17, 15) is 14.7 Å². The highest BCUT2D eigenvalue weighted by Crippen LogP contribution is 2.44. The van der Waals surface area contributed by atoms with Crippen LogP contribution in [0.3, 0.4) is 0 Å². The van der Waals surface area contributed by atoms with E-state index in [-0.39, 0.29) is 22.6 Å². The number of hydrogen-bond donors (Lipinski definition) is 1. The van der Waals surface area contributed by atoms with Crippen LogP contribution in [0, 0.1) is 0 Å². The van der Waals surface area contributed by atoms with Gasteiger partial charge in [0.15, 0.2) is 4.34 Å². The standard InChI is InChI=1S/C28H21ClN4O4S2/c1-15-11-19-12-17(6-9-21(19)37-15)24(34)22-23(18-3-2-10-30-13-18)33(26(36)25(22)35)27-31-32-28(39-27)38-14-16-4-7-20(29)8-5-16/h2-10,12-13,15,23,34H,11,14H2,1H3/b24-22+. The first-order chi connectivity index (χ1) is 18.9. The van der Waals surface area contributed by atoms with Gasteiger partial charge < -0.3 is 9.84 Å². The number of halogens is 1. The predicted octanol–water partition coefficient (Wildman–Crippen LogP) is 5.83. The van der Waals surface area contributed by atoms with Gasteiger partial charge in [-0.1, -0.05) is 52.9 Å². The largest absolute Gasteiger partial charge is 0.507 e. The van der Waals surface area contributed by atoms with Crippen molar-refractivity contribution in [2.45, 2.75) is 35.6 Å². The van der Waals surface area contributed by atoms with E-state index in [1.54, 1.807) is 42.7 Å². The van der Waals surface area contributed by atoms with Crippen LogP contribution in [0.25, 0.3) is 5.76 Å². The smallest absolute Gasteiger partial charge is 0.301 e. The Kier molecular flexibility index (Phi) is 6.84. The Morgan fingerprint density at radius 1 is 1.18 bits per heavy atom. The lowest BCUT2D eigenvalue weighted by Crippen LogP contribution is -2.29. The third kappa shape index (κ3) is 4.91. The number of hydrogen-bond acceptors (Lipinski definition) is 9. The first-order valence-corrected chi connectivity index (χ1v) is 14.3. The van der Waals surface area contributed by atoms with Gasteiger partial charge in [0.05, 0.1) is 11.6 Å². The molecule has 1 N–H and O–H groups in total. The summed E-state index contributed by atoms with van der Waals surface area (Å²) < 4.78 is 6.41. The summed E-state index contributed by atoms with van der Waals surface area (Å²) in [4.78, 5) is 32.3. The van der Waals surface area contributed by atoms with Crippen LogP contribution in [-0.2, 0) is 21.8 Å². The molecule has 1 saturated heterocycles. The first kappa shape index (κ1) is 25.5. The van der Waals surface area contributed by atoms with Gasteiger partial charge >= 0.3 is 5.91 Å². The van der Waals surface area contributed by atoms with E-state index in [4.69, 9.17) is 16.3 Å². The number of amides is 1. The second-order valence-electron chi connectivity index (χ2n) is 9.18. The van der Waals surface area contributed by atoms with Crippen LogP contribution < -0.4 is 9.64 Å². The molecule has 2 aliphatic heterocycles. The lowest BCUT2D eigenvalue weighted by Gasteiger charge is -2.22. The summed E-state index contributed by atoms with van der Waals surface area (Å²) in [6.07, 6.45) is 3.90. The van der Waals surface area contributed by atoms with Crippen molar-refractivity contribution in [3.8, 4) is 5.75 Å². The highest BCUT2D eigenvalue weighted by Gasteiger charge is 2.48. The van der Waals surface area contributed by atoms with E-state index < -0.39 is 17.7 Å². The third-order valence-electron chi connectivity index (χ3n) is 6.49. The number of pyridine rings is 1. The fourth-order valence-electron chi connectivity index (χ4n) is 4.69. The third-order valence-corrected chi connectivity index (χ3v) is 8.87. The van der Waals surface area contributed by atoms with E-state index in [1.807, 2.05) is 31.2 Å². The number of carbonyl (C=O) groups is 2. The summed E-state index contributed by atoms with van der Waals surface area (Å²) in [5.74, 6) is -0.446. The van der Waals surface area contributed by atoms with Crippen LogP contribution in [0.5, 0.6) is 5.75 Å². The number of aliphatic hydroxyl groups is 1. The monoisotopic (exact) mass is 576 g/mol. The van der Waals surface area contributed by atoms with Crippen LogP contribution >= 0.6 is 34.7 Å². The average molecular weight is 577 g/mol. The van der Waals surface area contributed by atoms with Crippen LogP contribution in [0.15, 0.2) is 76.9 Å². The molecule has 0 aliphatic carbocycles. The molecule has 4 heterocycles. The van der Waals surface area contributed by atoms with Crippen molar-refractivity contribution in [3.63, 3.8) is 0 Å². The zero-order valence-corrected chi connectivity index (χ0v) is 23.0. The molecule has 39 heavy (non-hydrogen) atoms. The Bertz CT molecular complexity index is 1610. The van der Waals surface area contributed by atoms with Gasteiger partial charge in [-0.05, 0) is 60.0 Å². The Balaban J connectivity index is 1.36. The quantitative estimate of drug-likeness (QED) is 0.100. The molecular weight excluding hydrogens is 556 g/mol. The van der Waals surface area contributed by atoms with Gasteiger partial charge in [-0.25, -0.2) is 0 Å². The number of benzene rings is 2. The maximum atomic E-state index is 13.4. The number of fused-ring (bicyclic) bond motifs is 1. The normalized spacial score (nSPS) is 19.8. The minimum atomic E-state index is -0.913. The summed E-state index contributed by atoms with van der Waals surface area (Å²) in [6, 6.07) is 15.4. The summed E-state index contributed by atoms with van der Waals surface area (Å²) in [5, 5.41) is 20.8. The van der Waals surface area contributed by atoms with Gasteiger partial charge in [-0.15, -0.1) is 10.2 Å². The van der Waals surface area contributed by atoms with Crippen LogP contribution in [-0.4, -0.2) is 38.1 Å². The van der Waals surface area contributed by atoms with Gasteiger partial charge in [0.2, 0.25) is 5.13 Å². The fraction of sp³-hybridized carbons (Fsp3) is 0.179. The van der Waals surface area contributed by atoms with E-state index >= 15 is 0 Å². The highest BCUT2D eigenvalue weighted by molar-refractivity contribution is 8.00. The number of anilines is 1. The molecule has 0 bridgehead atoms. The molecule has 0 radical (unpaired) electrons. The lowest BCUT2D eigenvalue weighted by atomic mass is 9.95. The van der Waals surface area contributed by atoms with Gasteiger partial charge in [0, 0.05) is 35.2 Å². The van der Waals surface area contributed by atoms with Crippen molar-refractivity contribution in [2.75, 3.05) is 4.90 Å². The first-order valence-electron chi connectivity index (χ1n) is 12.1. The number of aliphatic hydroxyl groups excluding tert-OH is 1.